The highest BCUT2D eigenvalue weighted by atomic mass is 15.2. The van der Waals surface area contributed by atoms with Crippen molar-refractivity contribution in [1.29, 1.82) is 0 Å². The number of nitrogens with one attached hydrogen (secondary N) is 1. The molecule has 5 nitrogen and oxygen atoms in total. The minimum atomic E-state index is 0.459. The molecule has 2 rings (SSSR count). The highest BCUT2D eigenvalue weighted by molar-refractivity contribution is 5.42. The molecule has 0 saturated carbocycles. The summed E-state index contributed by atoms with van der Waals surface area (Å²) < 4.78 is 1.90. The van der Waals surface area contributed by atoms with Gasteiger partial charge in [-0.05, 0) is 13.5 Å². The molecule has 0 aliphatic heterocycles. The second kappa shape index (κ2) is 5.03. The summed E-state index contributed by atoms with van der Waals surface area (Å²) in [6, 6.07) is 0.459. The van der Waals surface area contributed by atoms with Gasteiger partial charge in [-0.15, -0.1) is 10.2 Å². The van der Waals surface area contributed by atoms with E-state index in [0.29, 0.717) is 6.04 Å². The van der Waals surface area contributed by atoms with E-state index >= 15 is 0 Å². The van der Waals surface area contributed by atoms with Gasteiger partial charge in [-0.25, -0.2) is 0 Å². The standard InChI is InChI=1S/C11H17N5/c1-3-4-9(12-2)7-10-11-15-14-8-16(11)6-5-13-10/h5-6,8-9,12H,3-4,7H2,1-2H3. The molecule has 1 N–H and O–H groups in total. The normalized spacial score (nSPS) is 13.1. The summed E-state index contributed by atoms with van der Waals surface area (Å²) in [6.45, 7) is 2.19. The van der Waals surface area contributed by atoms with E-state index in [1.54, 1.807) is 12.5 Å². The molecule has 16 heavy (non-hydrogen) atoms. The number of hydrogen-bond donors (Lipinski definition) is 1. The van der Waals surface area contributed by atoms with E-state index in [2.05, 4.69) is 27.4 Å². The van der Waals surface area contributed by atoms with E-state index in [9.17, 15) is 0 Å². The molecule has 2 aromatic heterocycles. The molecule has 0 aromatic carbocycles. The third-order valence-electron chi connectivity index (χ3n) is 2.77. The van der Waals surface area contributed by atoms with E-state index < -0.39 is 0 Å². The van der Waals surface area contributed by atoms with Crippen LogP contribution in [0.25, 0.3) is 5.65 Å². The van der Waals surface area contributed by atoms with E-state index in [1.807, 2.05) is 17.6 Å². The molecular formula is C11H17N5. The van der Waals surface area contributed by atoms with Crippen LogP contribution < -0.4 is 5.32 Å². The van der Waals surface area contributed by atoms with Crippen LogP contribution in [0.3, 0.4) is 0 Å². The largest absolute Gasteiger partial charge is 0.317 e. The molecule has 2 heterocycles. The van der Waals surface area contributed by atoms with Crippen molar-refractivity contribution in [2.24, 2.45) is 0 Å². The summed E-state index contributed by atoms with van der Waals surface area (Å²) >= 11 is 0. The molecule has 0 radical (unpaired) electrons. The van der Waals surface area contributed by atoms with Crippen LogP contribution in [0, 0.1) is 0 Å². The molecular weight excluding hydrogens is 202 g/mol. The zero-order valence-electron chi connectivity index (χ0n) is 9.72. The van der Waals surface area contributed by atoms with Gasteiger partial charge in [0.1, 0.15) is 6.33 Å². The maximum Gasteiger partial charge on any atom is 0.182 e. The Balaban J connectivity index is 2.22. The Bertz CT molecular complexity index is 450. The lowest BCUT2D eigenvalue weighted by Gasteiger charge is -2.14. The number of aromatic nitrogens is 4. The van der Waals surface area contributed by atoms with Crippen LogP contribution in [0.15, 0.2) is 18.7 Å². The summed E-state index contributed by atoms with van der Waals surface area (Å²) in [5, 5.41) is 11.3. The summed E-state index contributed by atoms with van der Waals surface area (Å²) in [5.41, 5.74) is 1.87. The van der Waals surface area contributed by atoms with Crippen LogP contribution in [0.1, 0.15) is 25.5 Å². The van der Waals surface area contributed by atoms with Gasteiger partial charge in [0.25, 0.3) is 0 Å². The SMILES string of the molecule is CCCC(Cc1nccn2cnnc12)NC. The highest BCUT2D eigenvalue weighted by Crippen LogP contribution is 2.09. The predicted molar refractivity (Wildman–Crippen MR) is 62.2 cm³/mol. The van der Waals surface area contributed by atoms with Crippen LogP contribution in [-0.2, 0) is 6.42 Å². The molecule has 0 aliphatic carbocycles. The summed E-state index contributed by atoms with van der Waals surface area (Å²) in [5.74, 6) is 0. The van der Waals surface area contributed by atoms with Gasteiger partial charge in [0.15, 0.2) is 5.65 Å². The van der Waals surface area contributed by atoms with Crippen LogP contribution in [-0.4, -0.2) is 32.7 Å². The van der Waals surface area contributed by atoms with Crippen molar-refractivity contribution in [3.8, 4) is 0 Å². The van der Waals surface area contributed by atoms with Gasteiger partial charge in [0.2, 0.25) is 0 Å². The zero-order chi connectivity index (χ0) is 11.4. The molecule has 1 atom stereocenters. The molecule has 86 valence electrons. The quantitative estimate of drug-likeness (QED) is 0.816. The fourth-order valence-electron chi connectivity index (χ4n) is 1.89. The molecule has 2 aromatic rings. The van der Waals surface area contributed by atoms with Gasteiger partial charge in [0.05, 0.1) is 5.69 Å². The van der Waals surface area contributed by atoms with Crippen molar-refractivity contribution >= 4 is 5.65 Å². The lowest BCUT2D eigenvalue weighted by atomic mass is 10.1. The fraction of sp³-hybridized carbons (Fsp3) is 0.545. The predicted octanol–water partition coefficient (Wildman–Crippen LogP) is 1.05. The summed E-state index contributed by atoms with van der Waals surface area (Å²) in [7, 11) is 1.99. The first-order valence-corrected chi connectivity index (χ1v) is 5.65. The molecule has 0 spiro atoms. The minimum Gasteiger partial charge on any atom is -0.317 e. The Kier molecular flexibility index (Phi) is 3.46. The Morgan fingerprint density at radius 2 is 2.38 bits per heavy atom. The van der Waals surface area contributed by atoms with Gasteiger partial charge >= 0.3 is 0 Å². The second-order valence-electron chi connectivity index (χ2n) is 3.91. The monoisotopic (exact) mass is 219 g/mol. The van der Waals surface area contributed by atoms with Crippen LogP contribution >= 0.6 is 0 Å². The average Bonchev–Trinajstić information content (AvgIpc) is 2.77. The lowest BCUT2D eigenvalue weighted by Crippen LogP contribution is -2.27. The summed E-state index contributed by atoms with van der Waals surface area (Å²) in [4.78, 5) is 4.39. The van der Waals surface area contributed by atoms with E-state index in [4.69, 9.17) is 0 Å². The fourth-order valence-corrected chi connectivity index (χ4v) is 1.89. The van der Waals surface area contributed by atoms with Crippen molar-refractivity contribution in [2.75, 3.05) is 7.05 Å². The maximum atomic E-state index is 4.39. The minimum absolute atomic E-state index is 0.459. The molecule has 5 heteroatoms. The lowest BCUT2D eigenvalue weighted by molar-refractivity contribution is 0.509. The van der Waals surface area contributed by atoms with Crippen LogP contribution in [0.4, 0.5) is 0 Å². The Morgan fingerprint density at radius 3 is 3.12 bits per heavy atom. The third-order valence-corrected chi connectivity index (χ3v) is 2.77. The third kappa shape index (κ3) is 2.19. The summed E-state index contributed by atoms with van der Waals surface area (Å²) in [6.07, 6.45) is 8.58. The Labute approximate surface area is 94.9 Å². The van der Waals surface area contributed by atoms with E-state index in [-0.39, 0.29) is 0 Å². The smallest absolute Gasteiger partial charge is 0.182 e. The van der Waals surface area contributed by atoms with Crippen molar-refractivity contribution in [2.45, 2.75) is 32.2 Å². The first-order valence-electron chi connectivity index (χ1n) is 5.65. The van der Waals surface area contributed by atoms with Crippen molar-refractivity contribution in [3.63, 3.8) is 0 Å². The molecule has 0 aliphatic rings. The molecule has 0 amide bonds. The van der Waals surface area contributed by atoms with E-state index in [0.717, 1.165) is 24.2 Å². The molecule has 0 fully saturated rings. The number of fused-ring (bicyclic) bond motifs is 1. The zero-order valence-corrected chi connectivity index (χ0v) is 9.72. The van der Waals surface area contributed by atoms with Crippen molar-refractivity contribution in [3.05, 3.63) is 24.4 Å². The first kappa shape index (κ1) is 11.0. The number of rotatable bonds is 5. The Morgan fingerprint density at radius 1 is 1.50 bits per heavy atom. The van der Waals surface area contributed by atoms with Gasteiger partial charge < -0.3 is 5.32 Å². The number of hydrogen-bond acceptors (Lipinski definition) is 4. The van der Waals surface area contributed by atoms with Crippen LogP contribution in [0.5, 0.6) is 0 Å². The van der Waals surface area contributed by atoms with E-state index in [1.165, 1.54) is 6.42 Å². The molecule has 1 unspecified atom stereocenters. The molecule has 0 saturated heterocycles. The van der Waals surface area contributed by atoms with Gasteiger partial charge in [-0.2, -0.15) is 0 Å². The van der Waals surface area contributed by atoms with Crippen molar-refractivity contribution < 1.29 is 0 Å². The first-order chi connectivity index (χ1) is 7.85. The van der Waals surface area contributed by atoms with Crippen LogP contribution in [0.2, 0.25) is 0 Å². The van der Waals surface area contributed by atoms with Gasteiger partial charge in [-0.1, -0.05) is 13.3 Å². The molecule has 0 bridgehead atoms. The van der Waals surface area contributed by atoms with Crippen molar-refractivity contribution in [1.82, 2.24) is 24.9 Å². The van der Waals surface area contributed by atoms with Gasteiger partial charge in [-0.3, -0.25) is 9.38 Å². The number of nitrogens with zero attached hydrogens (tertiary/aromatic N) is 4. The Hall–Kier alpha value is -1.49. The topological polar surface area (TPSA) is 55.1 Å². The van der Waals surface area contributed by atoms with Gasteiger partial charge in [0, 0.05) is 24.9 Å². The average molecular weight is 219 g/mol. The number of likely N-dealkylation sites (N-methyl/N-ethyl adjacent to an activating group) is 1. The highest BCUT2D eigenvalue weighted by Gasteiger charge is 2.11. The maximum absolute atomic E-state index is 4.39. The second-order valence-corrected chi connectivity index (χ2v) is 3.91.